The zero-order chi connectivity index (χ0) is 13.1. The number of ketones is 1. The molecule has 0 saturated carbocycles. The van der Waals surface area contributed by atoms with Crippen LogP contribution in [0.5, 0.6) is 0 Å². The standard InChI is InChI=1S/C15H14N2O/c1-11-5-7-13(8-6-11)15(18)12(2)17-9-3-4-14(17)10-16/h3-9,12H,1-2H3. The van der Waals surface area contributed by atoms with E-state index in [-0.39, 0.29) is 11.8 Å². The highest BCUT2D eigenvalue weighted by Gasteiger charge is 2.18. The van der Waals surface area contributed by atoms with Crippen LogP contribution in [0.4, 0.5) is 0 Å². The molecule has 0 saturated heterocycles. The molecule has 2 aromatic rings. The van der Waals surface area contributed by atoms with Crippen molar-refractivity contribution in [3.8, 4) is 6.07 Å². The second-order valence-electron chi connectivity index (χ2n) is 4.32. The number of hydrogen-bond donors (Lipinski definition) is 0. The van der Waals surface area contributed by atoms with Gasteiger partial charge in [0.05, 0.1) is 6.04 Å². The molecule has 0 fully saturated rings. The van der Waals surface area contributed by atoms with E-state index < -0.39 is 0 Å². The van der Waals surface area contributed by atoms with Gasteiger partial charge in [0.2, 0.25) is 0 Å². The van der Waals surface area contributed by atoms with Crippen LogP contribution >= 0.6 is 0 Å². The van der Waals surface area contributed by atoms with Crippen LogP contribution in [-0.4, -0.2) is 10.4 Å². The number of hydrogen-bond acceptors (Lipinski definition) is 2. The van der Waals surface area contributed by atoms with E-state index in [1.807, 2.05) is 38.1 Å². The SMILES string of the molecule is Cc1ccc(C(=O)C(C)n2cccc2C#N)cc1. The average Bonchev–Trinajstić information content (AvgIpc) is 2.86. The minimum Gasteiger partial charge on any atom is -0.329 e. The number of nitrogens with zero attached hydrogens (tertiary/aromatic N) is 2. The molecule has 0 spiro atoms. The zero-order valence-electron chi connectivity index (χ0n) is 10.4. The van der Waals surface area contributed by atoms with Gasteiger partial charge in [-0.15, -0.1) is 0 Å². The highest BCUT2D eigenvalue weighted by atomic mass is 16.1. The van der Waals surface area contributed by atoms with Crippen molar-refractivity contribution < 1.29 is 4.79 Å². The number of rotatable bonds is 3. The van der Waals surface area contributed by atoms with E-state index in [0.29, 0.717) is 11.3 Å². The van der Waals surface area contributed by atoms with E-state index in [1.165, 1.54) is 0 Å². The molecule has 0 aliphatic heterocycles. The molecule has 0 aliphatic carbocycles. The van der Waals surface area contributed by atoms with Crippen LogP contribution in [0.25, 0.3) is 0 Å². The maximum Gasteiger partial charge on any atom is 0.185 e. The van der Waals surface area contributed by atoms with Gasteiger partial charge in [-0.2, -0.15) is 5.26 Å². The number of Topliss-reactive ketones (excluding diaryl/α,β-unsaturated/α-hetero) is 1. The van der Waals surface area contributed by atoms with Crippen LogP contribution in [-0.2, 0) is 0 Å². The summed E-state index contributed by atoms with van der Waals surface area (Å²) in [5.41, 5.74) is 2.30. The first kappa shape index (κ1) is 12.1. The number of nitriles is 1. The molecule has 0 radical (unpaired) electrons. The summed E-state index contributed by atoms with van der Waals surface area (Å²) in [5.74, 6) is 0.0164. The Kier molecular flexibility index (Phi) is 3.29. The lowest BCUT2D eigenvalue weighted by Gasteiger charge is -2.14. The van der Waals surface area contributed by atoms with Crippen molar-refractivity contribution in [1.29, 1.82) is 5.26 Å². The minimum atomic E-state index is -0.364. The number of benzene rings is 1. The monoisotopic (exact) mass is 238 g/mol. The second-order valence-corrected chi connectivity index (χ2v) is 4.32. The van der Waals surface area contributed by atoms with Crippen molar-refractivity contribution >= 4 is 5.78 Å². The number of carbonyl (C=O) groups excluding carboxylic acids is 1. The molecule has 1 aromatic heterocycles. The van der Waals surface area contributed by atoms with Crippen LogP contribution in [0, 0.1) is 18.3 Å². The Morgan fingerprint density at radius 3 is 2.56 bits per heavy atom. The molecule has 1 atom stereocenters. The van der Waals surface area contributed by atoms with Gasteiger partial charge in [-0.1, -0.05) is 29.8 Å². The van der Waals surface area contributed by atoms with E-state index in [2.05, 4.69) is 6.07 Å². The Balaban J connectivity index is 2.30. The molecule has 1 aromatic carbocycles. The van der Waals surface area contributed by atoms with E-state index in [0.717, 1.165) is 5.56 Å². The highest BCUT2D eigenvalue weighted by molar-refractivity contribution is 5.98. The van der Waals surface area contributed by atoms with Crippen molar-refractivity contribution in [2.24, 2.45) is 0 Å². The highest BCUT2D eigenvalue weighted by Crippen LogP contribution is 2.17. The summed E-state index contributed by atoms with van der Waals surface area (Å²) >= 11 is 0. The molecule has 2 rings (SSSR count). The van der Waals surface area contributed by atoms with Crippen LogP contribution in [0.15, 0.2) is 42.6 Å². The van der Waals surface area contributed by atoms with Gasteiger partial charge in [0, 0.05) is 11.8 Å². The van der Waals surface area contributed by atoms with Crippen LogP contribution in [0.3, 0.4) is 0 Å². The molecule has 0 bridgehead atoms. The Morgan fingerprint density at radius 2 is 1.94 bits per heavy atom. The van der Waals surface area contributed by atoms with Crippen molar-refractivity contribution in [3.63, 3.8) is 0 Å². The summed E-state index contributed by atoms with van der Waals surface area (Å²) < 4.78 is 1.70. The third-order valence-electron chi connectivity index (χ3n) is 3.03. The van der Waals surface area contributed by atoms with Gasteiger partial charge < -0.3 is 4.57 Å². The number of aryl methyl sites for hydroxylation is 1. The molecule has 3 nitrogen and oxygen atoms in total. The largest absolute Gasteiger partial charge is 0.329 e. The third-order valence-corrected chi connectivity index (χ3v) is 3.03. The van der Waals surface area contributed by atoms with Gasteiger partial charge >= 0.3 is 0 Å². The summed E-state index contributed by atoms with van der Waals surface area (Å²) in [6, 6.07) is 12.7. The van der Waals surface area contributed by atoms with E-state index in [1.54, 1.807) is 22.9 Å². The van der Waals surface area contributed by atoms with Crippen molar-refractivity contribution in [2.75, 3.05) is 0 Å². The first-order chi connectivity index (χ1) is 8.63. The fraction of sp³-hybridized carbons (Fsp3) is 0.200. The maximum atomic E-state index is 12.3. The van der Waals surface area contributed by atoms with Crippen molar-refractivity contribution in [3.05, 3.63) is 59.4 Å². The van der Waals surface area contributed by atoms with Gasteiger partial charge in [-0.05, 0) is 26.0 Å². The number of carbonyl (C=O) groups is 1. The van der Waals surface area contributed by atoms with Gasteiger partial charge in [0.25, 0.3) is 0 Å². The van der Waals surface area contributed by atoms with Crippen LogP contribution in [0.1, 0.15) is 34.6 Å². The molecule has 18 heavy (non-hydrogen) atoms. The lowest BCUT2D eigenvalue weighted by molar-refractivity contribution is 0.0934. The Bertz CT molecular complexity index is 602. The first-order valence-corrected chi connectivity index (χ1v) is 5.81. The normalized spacial score (nSPS) is 11.8. The van der Waals surface area contributed by atoms with Gasteiger partial charge in [-0.3, -0.25) is 4.79 Å². The van der Waals surface area contributed by atoms with Crippen LogP contribution < -0.4 is 0 Å². The smallest absolute Gasteiger partial charge is 0.185 e. The second kappa shape index (κ2) is 4.89. The number of aromatic nitrogens is 1. The average molecular weight is 238 g/mol. The third kappa shape index (κ3) is 2.18. The molecule has 3 heteroatoms. The molecule has 0 N–H and O–H groups in total. The topological polar surface area (TPSA) is 45.8 Å². The van der Waals surface area contributed by atoms with E-state index >= 15 is 0 Å². The molecular formula is C15H14N2O. The predicted molar refractivity (Wildman–Crippen MR) is 69.4 cm³/mol. The molecular weight excluding hydrogens is 224 g/mol. The lowest BCUT2D eigenvalue weighted by atomic mass is 10.0. The fourth-order valence-corrected chi connectivity index (χ4v) is 1.91. The van der Waals surface area contributed by atoms with E-state index in [4.69, 9.17) is 5.26 Å². The Hall–Kier alpha value is -2.34. The lowest BCUT2D eigenvalue weighted by Crippen LogP contribution is -2.17. The van der Waals surface area contributed by atoms with Gasteiger partial charge in [0.15, 0.2) is 5.78 Å². The maximum absolute atomic E-state index is 12.3. The molecule has 0 aliphatic rings. The molecule has 1 heterocycles. The summed E-state index contributed by atoms with van der Waals surface area (Å²) in [6.07, 6.45) is 1.76. The molecule has 0 amide bonds. The Labute approximate surface area is 106 Å². The van der Waals surface area contributed by atoms with Crippen molar-refractivity contribution in [1.82, 2.24) is 4.57 Å². The Morgan fingerprint density at radius 1 is 1.28 bits per heavy atom. The zero-order valence-corrected chi connectivity index (χ0v) is 10.4. The summed E-state index contributed by atoms with van der Waals surface area (Å²) in [4.78, 5) is 12.3. The first-order valence-electron chi connectivity index (χ1n) is 5.81. The van der Waals surface area contributed by atoms with Gasteiger partial charge in [0.1, 0.15) is 11.8 Å². The van der Waals surface area contributed by atoms with E-state index in [9.17, 15) is 4.79 Å². The predicted octanol–water partition coefficient (Wildman–Crippen LogP) is 3.11. The summed E-state index contributed by atoms with van der Waals surface area (Å²) in [6.45, 7) is 3.79. The molecule has 1 unspecified atom stereocenters. The fourth-order valence-electron chi connectivity index (χ4n) is 1.91. The van der Waals surface area contributed by atoms with Crippen LogP contribution in [0.2, 0.25) is 0 Å². The summed E-state index contributed by atoms with van der Waals surface area (Å²) in [7, 11) is 0. The van der Waals surface area contributed by atoms with Crippen molar-refractivity contribution in [2.45, 2.75) is 19.9 Å². The quantitative estimate of drug-likeness (QED) is 0.771. The minimum absolute atomic E-state index is 0.0164. The summed E-state index contributed by atoms with van der Waals surface area (Å²) in [5, 5.41) is 8.96. The molecule has 90 valence electrons. The van der Waals surface area contributed by atoms with Gasteiger partial charge in [-0.25, -0.2) is 0 Å².